The van der Waals surface area contributed by atoms with Gasteiger partial charge in [0.15, 0.2) is 0 Å². The third-order valence-corrected chi connectivity index (χ3v) is 6.34. The zero-order chi connectivity index (χ0) is 24.0. The number of piperidine rings is 1. The summed E-state index contributed by atoms with van der Waals surface area (Å²) in [6.07, 6.45) is -0.643. The highest BCUT2D eigenvalue weighted by Gasteiger charge is 2.42. The summed E-state index contributed by atoms with van der Waals surface area (Å²) in [4.78, 5) is 35.6. The van der Waals surface area contributed by atoms with Gasteiger partial charge >= 0.3 is 6.18 Å². The van der Waals surface area contributed by atoms with Crippen molar-refractivity contribution in [2.75, 3.05) is 13.1 Å². The molecule has 1 atom stereocenters. The molecule has 1 amide bonds. The van der Waals surface area contributed by atoms with Crippen LogP contribution in [-0.4, -0.2) is 44.6 Å². The van der Waals surface area contributed by atoms with Crippen LogP contribution in [0.4, 0.5) is 13.2 Å². The van der Waals surface area contributed by atoms with E-state index < -0.39 is 18.0 Å². The van der Waals surface area contributed by atoms with E-state index in [-0.39, 0.29) is 24.1 Å². The summed E-state index contributed by atoms with van der Waals surface area (Å²) in [5, 5.41) is 1.37. The Kier molecular flexibility index (Phi) is 5.34. The molecule has 3 heterocycles. The van der Waals surface area contributed by atoms with E-state index in [1.165, 1.54) is 9.47 Å². The van der Waals surface area contributed by atoms with Crippen molar-refractivity contribution in [1.82, 2.24) is 19.4 Å². The van der Waals surface area contributed by atoms with Crippen LogP contribution in [-0.2, 0) is 7.05 Å². The van der Waals surface area contributed by atoms with E-state index in [1.54, 1.807) is 49.8 Å². The molecule has 0 saturated carbocycles. The molecular weight excluding hydrogens is 445 g/mol. The number of aryl methyl sites for hydroxylation is 1. The molecule has 2 aromatic heterocycles. The van der Waals surface area contributed by atoms with Gasteiger partial charge in [0.25, 0.3) is 11.5 Å². The van der Waals surface area contributed by atoms with Crippen LogP contribution in [0.25, 0.3) is 33.1 Å². The molecule has 34 heavy (non-hydrogen) atoms. The number of fused-ring (bicyclic) bond motifs is 2. The molecular formula is C25H21F3N4O2. The van der Waals surface area contributed by atoms with Gasteiger partial charge in [-0.25, -0.2) is 4.98 Å². The van der Waals surface area contributed by atoms with Crippen molar-refractivity contribution in [3.8, 4) is 11.3 Å². The number of pyridine rings is 1. The molecule has 6 nitrogen and oxygen atoms in total. The third-order valence-electron chi connectivity index (χ3n) is 6.34. The average molecular weight is 466 g/mol. The lowest BCUT2D eigenvalue weighted by atomic mass is 9.97. The highest BCUT2D eigenvalue weighted by atomic mass is 19.4. The predicted molar refractivity (Wildman–Crippen MR) is 122 cm³/mol. The van der Waals surface area contributed by atoms with Crippen LogP contribution in [0.5, 0.6) is 0 Å². The number of hydrogen-bond donors (Lipinski definition) is 0. The number of rotatable bonds is 2. The van der Waals surface area contributed by atoms with Gasteiger partial charge in [-0.3, -0.25) is 14.6 Å². The minimum atomic E-state index is -4.31. The maximum Gasteiger partial charge on any atom is 0.393 e. The van der Waals surface area contributed by atoms with Crippen molar-refractivity contribution < 1.29 is 18.0 Å². The van der Waals surface area contributed by atoms with E-state index in [1.807, 2.05) is 12.1 Å². The lowest BCUT2D eigenvalue weighted by Crippen LogP contribution is -2.44. The Bertz CT molecular complexity index is 1480. The van der Waals surface area contributed by atoms with Crippen molar-refractivity contribution in [1.29, 1.82) is 0 Å². The Morgan fingerprint density at radius 2 is 1.91 bits per heavy atom. The minimum Gasteiger partial charge on any atom is -0.338 e. The van der Waals surface area contributed by atoms with Gasteiger partial charge in [-0.1, -0.05) is 6.07 Å². The molecule has 2 aromatic carbocycles. The topological polar surface area (TPSA) is 68.1 Å². The van der Waals surface area contributed by atoms with Gasteiger partial charge in [0.05, 0.1) is 28.8 Å². The first kappa shape index (κ1) is 22.1. The molecule has 0 N–H and O–H groups in total. The van der Waals surface area contributed by atoms with E-state index in [9.17, 15) is 22.8 Å². The van der Waals surface area contributed by atoms with Crippen molar-refractivity contribution >= 4 is 27.7 Å². The number of carbonyl (C=O) groups excluding carboxylic acids is 1. The van der Waals surface area contributed by atoms with E-state index >= 15 is 0 Å². The molecule has 0 bridgehead atoms. The molecule has 0 unspecified atom stereocenters. The van der Waals surface area contributed by atoms with Crippen molar-refractivity contribution in [2.24, 2.45) is 13.0 Å². The van der Waals surface area contributed by atoms with Gasteiger partial charge in [-0.05, 0) is 54.6 Å². The first-order chi connectivity index (χ1) is 16.2. The van der Waals surface area contributed by atoms with Crippen LogP contribution in [0.15, 0.2) is 59.7 Å². The minimum absolute atomic E-state index is 0.0394. The van der Waals surface area contributed by atoms with Gasteiger partial charge in [0.1, 0.15) is 0 Å². The van der Waals surface area contributed by atoms with E-state index in [2.05, 4.69) is 9.97 Å². The zero-order valence-electron chi connectivity index (χ0n) is 18.3. The van der Waals surface area contributed by atoms with Crippen molar-refractivity contribution in [3.05, 3.63) is 70.8 Å². The standard InChI is InChI=1S/C25H21F3N4O2/c1-31-10-8-15-11-16(4-6-19(15)24(31)34)22-13-29-20-7-5-17(12-21(20)30-22)23(33)32-9-2-3-18(14-32)25(26,27)28/h4-8,10-13,18H,2-3,9,14H2,1H3/t18-/m1/s1. The van der Waals surface area contributed by atoms with Crippen molar-refractivity contribution in [2.45, 2.75) is 19.0 Å². The SMILES string of the molecule is Cn1ccc2cc(-c3cnc4ccc(C(=O)N5CCC[C@@H](C(F)(F)F)C5)cc4n3)ccc2c1=O. The molecule has 9 heteroatoms. The molecule has 5 rings (SSSR count). The lowest BCUT2D eigenvalue weighted by molar-refractivity contribution is -0.184. The summed E-state index contributed by atoms with van der Waals surface area (Å²) in [5.74, 6) is -1.94. The number of carbonyl (C=O) groups is 1. The summed E-state index contributed by atoms with van der Waals surface area (Å²) >= 11 is 0. The maximum absolute atomic E-state index is 13.2. The molecule has 1 aliphatic heterocycles. The monoisotopic (exact) mass is 466 g/mol. The Balaban J connectivity index is 1.47. The van der Waals surface area contributed by atoms with Gasteiger partial charge in [-0.2, -0.15) is 13.2 Å². The van der Waals surface area contributed by atoms with Gasteiger partial charge in [0, 0.05) is 42.8 Å². The van der Waals surface area contributed by atoms with Crippen LogP contribution >= 0.6 is 0 Å². The Hall–Kier alpha value is -3.75. The molecule has 4 aromatic rings. The molecule has 1 fully saturated rings. The van der Waals surface area contributed by atoms with E-state index in [0.717, 1.165) is 10.9 Å². The third kappa shape index (κ3) is 4.02. The number of hydrogen-bond acceptors (Lipinski definition) is 4. The average Bonchev–Trinajstić information content (AvgIpc) is 2.84. The second-order valence-electron chi connectivity index (χ2n) is 8.62. The molecule has 1 aliphatic rings. The number of aromatic nitrogens is 3. The maximum atomic E-state index is 13.2. The molecule has 0 spiro atoms. The first-order valence-corrected chi connectivity index (χ1v) is 10.9. The van der Waals surface area contributed by atoms with Crippen LogP contribution in [0.2, 0.25) is 0 Å². The number of halogens is 3. The Morgan fingerprint density at radius 1 is 1.09 bits per heavy atom. The Labute approximate surface area is 192 Å². The van der Waals surface area contributed by atoms with E-state index in [4.69, 9.17) is 0 Å². The van der Waals surface area contributed by atoms with Crippen LogP contribution in [0.1, 0.15) is 23.2 Å². The van der Waals surface area contributed by atoms with Crippen LogP contribution in [0, 0.1) is 5.92 Å². The Morgan fingerprint density at radius 3 is 2.71 bits per heavy atom. The fraction of sp³-hybridized carbons (Fsp3) is 0.280. The summed E-state index contributed by atoms with van der Waals surface area (Å²) < 4.78 is 41.0. The highest BCUT2D eigenvalue weighted by molar-refractivity contribution is 5.97. The number of benzene rings is 2. The van der Waals surface area contributed by atoms with Crippen LogP contribution < -0.4 is 5.56 Å². The molecule has 174 valence electrons. The molecule has 0 aliphatic carbocycles. The number of likely N-dealkylation sites (tertiary alicyclic amines) is 1. The lowest BCUT2D eigenvalue weighted by Gasteiger charge is -2.33. The molecule has 1 saturated heterocycles. The summed E-state index contributed by atoms with van der Waals surface area (Å²) in [7, 11) is 1.69. The summed E-state index contributed by atoms with van der Waals surface area (Å²) in [6.45, 7) is -0.0334. The second-order valence-corrected chi connectivity index (χ2v) is 8.62. The molecule has 0 radical (unpaired) electrons. The number of amides is 1. The highest BCUT2D eigenvalue weighted by Crippen LogP contribution is 2.33. The zero-order valence-corrected chi connectivity index (χ0v) is 18.3. The largest absolute Gasteiger partial charge is 0.393 e. The van der Waals surface area contributed by atoms with Crippen molar-refractivity contribution in [3.63, 3.8) is 0 Å². The van der Waals surface area contributed by atoms with E-state index in [0.29, 0.717) is 35.1 Å². The van der Waals surface area contributed by atoms with Gasteiger partial charge in [-0.15, -0.1) is 0 Å². The quantitative estimate of drug-likeness (QED) is 0.434. The fourth-order valence-electron chi connectivity index (χ4n) is 4.40. The smallest absolute Gasteiger partial charge is 0.338 e. The number of alkyl halides is 3. The summed E-state index contributed by atoms with van der Waals surface area (Å²) in [5.41, 5.74) is 2.55. The second kappa shape index (κ2) is 8.23. The first-order valence-electron chi connectivity index (χ1n) is 10.9. The predicted octanol–water partition coefficient (Wildman–Crippen LogP) is 4.56. The van der Waals surface area contributed by atoms with Gasteiger partial charge < -0.3 is 9.47 Å². The fourth-order valence-corrected chi connectivity index (χ4v) is 4.40. The van der Waals surface area contributed by atoms with Gasteiger partial charge in [0.2, 0.25) is 0 Å². The number of nitrogens with zero attached hydrogens (tertiary/aromatic N) is 4. The normalized spacial score (nSPS) is 16.8. The summed E-state index contributed by atoms with van der Waals surface area (Å²) in [6, 6.07) is 12.0. The van der Waals surface area contributed by atoms with Crippen LogP contribution in [0.3, 0.4) is 0 Å².